The number of unbranched alkanes of at least 4 members (excludes halogenated alkanes) is 41. The predicted molar refractivity (Wildman–Crippen MR) is 249 cm³/mol. The Bertz CT molecular complexity index is 841. The Balaban J connectivity index is 2.25. The Kier molecular flexibility index (Phi) is 42.1. The van der Waals surface area contributed by atoms with Crippen LogP contribution in [0.1, 0.15) is 309 Å². The van der Waals surface area contributed by atoms with Gasteiger partial charge in [-0.05, 0) is 32.1 Å². The largest absolute Gasteiger partial charge is 0.256 e. The van der Waals surface area contributed by atoms with Crippen molar-refractivity contribution in [3.8, 4) is 0 Å². The molecule has 0 bridgehead atoms. The van der Waals surface area contributed by atoms with Gasteiger partial charge in [0.2, 0.25) is 0 Å². The molecule has 0 aliphatic carbocycles. The van der Waals surface area contributed by atoms with Gasteiger partial charge in [0, 0.05) is 6.42 Å². The number of aryl methyl sites for hydroxylation is 2. The fraction of sp³-hybridized carbons (Fsp3) is 0.943. The first-order valence-corrected chi connectivity index (χ1v) is 26.4. The number of hydrogen-bond acceptors (Lipinski definition) is 0. The summed E-state index contributed by atoms with van der Waals surface area (Å²) in [5, 5.41) is 0. The van der Waals surface area contributed by atoms with Crippen LogP contribution in [-0.4, -0.2) is 4.57 Å². The highest BCUT2D eigenvalue weighted by Crippen LogP contribution is 2.17. The average Bonchev–Trinajstić information content (AvgIpc) is 3.58. The third-order valence-electron chi connectivity index (χ3n) is 12.8. The topological polar surface area (TPSA) is 8.81 Å². The molecule has 0 spiro atoms. The van der Waals surface area contributed by atoms with Gasteiger partial charge in [-0.1, -0.05) is 271 Å². The van der Waals surface area contributed by atoms with Crippen LogP contribution in [-0.2, 0) is 19.5 Å². The zero-order chi connectivity index (χ0) is 39.4. The zero-order valence-electron chi connectivity index (χ0n) is 38.8. The first-order chi connectivity index (χ1) is 27.3. The average molecular weight is 770 g/mol. The van der Waals surface area contributed by atoms with Crippen LogP contribution in [0.25, 0.3) is 0 Å². The predicted octanol–water partition coefficient (Wildman–Crippen LogP) is 18.5. The lowest BCUT2D eigenvalue weighted by molar-refractivity contribution is -0.704. The third kappa shape index (κ3) is 36.1. The minimum absolute atomic E-state index is 1.23. The van der Waals surface area contributed by atoms with Crippen LogP contribution in [0.5, 0.6) is 0 Å². The summed E-state index contributed by atoms with van der Waals surface area (Å²) < 4.78 is 5.32. The number of rotatable bonds is 47. The van der Waals surface area contributed by atoms with Crippen molar-refractivity contribution in [2.75, 3.05) is 0 Å². The van der Waals surface area contributed by atoms with E-state index in [4.69, 9.17) is 0 Å². The van der Waals surface area contributed by atoms with Crippen molar-refractivity contribution in [1.29, 1.82) is 0 Å². The summed E-state index contributed by atoms with van der Waals surface area (Å²) in [7, 11) is 0. The van der Waals surface area contributed by atoms with E-state index in [1.807, 2.05) is 0 Å². The maximum absolute atomic E-state index is 2.66. The normalized spacial score (nSPS) is 11.7. The molecule has 2 heteroatoms. The molecule has 0 unspecified atom stereocenters. The second kappa shape index (κ2) is 44.3. The summed E-state index contributed by atoms with van der Waals surface area (Å²) in [5.74, 6) is 1.63. The number of imidazole rings is 1. The van der Waals surface area contributed by atoms with Crippen molar-refractivity contribution in [3.05, 3.63) is 18.2 Å². The van der Waals surface area contributed by atoms with E-state index in [0.29, 0.717) is 0 Å². The monoisotopic (exact) mass is 770 g/mol. The van der Waals surface area contributed by atoms with Gasteiger partial charge in [0.05, 0.1) is 13.1 Å². The Labute approximate surface area is 349 Å². The van der Waals surface area contributed by atoms with Crippen molar-refractivity contribution in [1.82, 2.24) is 4.57 Å². The molecule has 0 atom stereocenters. The quantitative estimate of drug-likeness (QED) is 0.0461. The molecule has 326 valence electrons. The SMILES string of the molecule is CCCCCCCCCCCCCCCCCCCc1n(CCCCCCCCCCCCCCCC)cc[n+]1CCCCCCCCCCCCCCC. The maximum Gasteiger partial charge on any atom is 0.256 e. The van der Waals surface area contributed by atoms with Crippen LogP contribution < -0.4 is 4.57 Å². The Morgan fingerprint density at radius 2 is 0.564 bits per heavy atom. The Morgan fingerprint density at radius 1 is 0.309 bits per heavy atom. The van der Waals surface area contributed by atoms with E-state index in [1.165, 1.54) is 302 Å². The molecule has 55 heavy (non-hydrogen) atoms. The molecular weight excluding hydrogens is 665 g/mol. The summed E-state index contributed by atoms with van der Waals surface area (Å²) in [6.45, 7) is 9.42. The summed E-state index contributed by atoms with van der Waals surface area (Å²) in [6.07, 6.45) is 69.8. The van der Waals surface area contributed by atoms with Gasteiger partial charge >= 0.3 is 0 Å². The maximum atomic E-state index is 2.66. The van der Waals surface area contributed by atoms with Crippen LogP contribution in [0.15, 0.2) is 12.4 Å². The van der Waals surface area contributed by atoms with Gasteiger partial charge in [0.1, 0.15) is 12.4 Å². The standard InChI is InChI=1S/C53H105N2/c1-4-7-10-13-16-19-22-25-27-28-29-30-33-36-39-42-45-48-53-54(49-46-43-40-37-34-31-24-21-18-15-12-9-6-3)51-52-55(53)50-47-44-41-38-35-32-26-23-20-17-14-11-8-5-2/h51-52H,4-50H2,1-3H3/q+1. The lowest BCUT2D eigenvalue weighted by atomic mass is 10.0. The second-order valence-electron chi connectivity index (χ2n) is 18.3. The molecular formula is C53H105N2+. The van der Waals surface area contributed by atoms with Crippen molar-refractivity contribution in [2.24, 2.45) is 0 Å². The molecule has 1 rings (SSSR count). The van der Waals surface area contributed by atoms with Crippen LogP contribution in [0.2, 0.25) is 0 Å². The zero-order valence-corrected chi connectivity index (χ0v) is 38.8. The van der Waals surface area contributed by atoms with Gasteiger partial charge < -0.3 is 0 Å². The first kappa shape index (κ1) is 52.2. The molecule has 0 saturated heterocycles. The minimum atomic E-state index is 1.23. The molecule has 0 aromatic carbocycles. The Morgan fingerprint density at radius 3 is 0.873 bits per heavy atom. The number of aromatic nitrogens is 2. The van der Waals surface area contributed by atoms with Gasteiger partial charge in [-0.15, -0.1) is 0 Å². The van der Waals surface area contributed by atoms with E-state index in [2.05, 4.69) is 42.3 Å². The molecule has 0 aliphatic heterocycles. The van der Waals surface area contributed by atoms with E-state index in [9.17, 15) is 0 Å². The van der Waals surface area contributed by atoms with Crippen LogP contribution in [0, 0.1) is 0 Å². The van der Waals surface area contributed by atoms with E-state index in [1.54, 1.807) is 5.82 Å². The third-order valence-corrected chi connectivity index (χ3v) is 12.8. The van der Waals surface area contributed by atoms with Gasteiger partial charge in [-0.2, -0.15) is 0 Å². The Hall–Kier alpha value is -0.790. The summed E-state index contributed by atoms with van der Waals surface area (Å²) >= 11 is 0. The van der Waals surface area contributed by atoms with E-state index in [0.717, 1.165) is 0 Å². The molecule has 1 heterocycles. The molecule has 0 radical (unpaired) electrons. The van der Waals surface area contributed by atoms with Crippen molar-refractivity contribution in [2.45, 2.75) is 323 Å². The summed E-state index contributed by atoms with van der Waals surface area (Å²) in [5.41, 5.74) is 0. The minimum Gasteiger partial charge on any atom is -0.234 e. The number of hydrogen-bond donors (Lipinski definition) is 0. The van der Waals surface area contributed by atoms with Crippen LogP contribution in [0.3, 0.4) is 0 Å². The van der Waals surface area contributed by atoms with E-state index >= 15 is 0 Å². The van der Waals surface area contributed by atoms with Crippen molar-refractivity contribution in [3.63, 3.8) is 0 Å². The fourth-order valence-electron chi connectivity index (χ4n) is 8.98. The highest BCUT2D eigenvalue weighted by Gasteiger charge is 2.16. The van der Waals surface area contributed by atoms with Crippen LogP contribution >= 0.6 is 0 Å². The molecule has 1 aromatic heterocycles. The first-order valence-electron chi connectivity index (χ1n) is 26.4. The van der Waals surface area contributed by atoms with Crippen molar-refractivity contribution < 1.29 is 4.57 Å². The molecule has 0 amide bonds. The van der Waals surface area contributed by atoms with Crippen molar-refractivity contribution >= 4 is 0 Å². The van der Waals surface area contributed by atoms with Gasteiger partial charge in [-0.25, -0.2) is 9.13 Å². The second-order valence-corrected chi connectivity index (χ2v) is 18.3. The van der Waals surface area contributed by atoms with Gasteiger partial charge in [-0.3, -0.25) is 0 Å². The summed E-state index contributed by atoms with van der Waals surface area (Å²) in [6, 6.07) is 0. The summed E-state index contributed by atoms with van der Waals surface area (Å²) in [4.78, 5) is 0. The molecule has 1 aromatic rings. The molecule has 0 N–H and O–H groups in total. The highest BCUT2D eigenvalue weighted by molar-refractivity contribution is 4.84. The molecule has 0 saturated carbocycles. The lowest BCUT2D eigenvalue weighted by Gasteiger charge is -2.07. The lowest BCUT2D eigenvalue weighted by Crippen LogP contribution is -2.37. The molecule has 0 aliphatic rings. The van der Waals surface area contributed by atoms with Gasteiger partial charge in [0.25, 0.3) is 5.82 Å². The van der Waals surface area contributed by atoms with E-state index < -0.39 is 0 Å². The molecule has 2 nitrogen and oxygen atoms in total. The highest BCUT2D eigenvalue weighted by atomic mass is 15.1. The molecule has 0 fully saturated rings. The van der Waals surface area contributed by atoms with Crippen LogP contribution in [0.4, 0.5) is 0 Å². The smallest absolute Gasteiger partial charge is 0.234 e. The van der Waals surface area contributed by atoms with E-state index in [-0.39, 0.29) is 0 Å². The van der Waals surface area contributed by atoms with Gasteiger partial charge in [0.15, 0.2) is 0 Å². The number of nitrogens with zero attached hydrogens (tertiary/aromatic N) is 2. The fourth-order valence-corrected chi connectivity index (χ4v) is 8.98.